The number of methoxy groups -OCH3 is 3. The maximum absolute atomic E-state index is 12.9. The van der Waals surface area contributed by atoms with Gasteiger partial charge in [-0.1, -0.05) is 26.8 Å². The molecule has 0 aliphatic heterocycles. The van der Waals surface area contributed by atoms with Gasteiger partial charge in [0, 0.05) is 19.0 Å². The van der Waals surface area contributed by atoms with Gasteiger partial charge in [0.25, 0.3) is 0 Å². The minimum absolute atomic E-state index is 0.0275. The third kappa shape index (κ3) is 6.45. The molecule has 0 radical (unpaired) electrons. The number of amides is 1. The van der Waals surface area contributed by atoms with E-state index in [4.69, 9.17) is 14.2 Å². The highest BCUT2D eigenvalue weighted by Gasteiger charge is 2.25. The van der Waals surface area contributed by atoms with Crippen LogP contribution in [-0.2, 0) is 20.7 Å². The first kappa shape index (κ1) is 22.8. The Hall–Kier alpha value is -2.24. The van der Waals surface area contributed by atoms with E-state index in [1.54, 1.807) is 26.0 Å². The van der Waals surface area contributed by atoms with Crippen molar-refractivity contribution in [1.29, 1.82) is 0 Å². The van der Waals surface area contributed by atoms with Crippen LogP contribution in [0.4, 0.5) is 0 Å². The van der Waals surface area contributed by atoms with Crippen molar-refractivity contribution in [3.63, 3.8) is 0 Å². The van der Waals surface area contributed by atoms with Crippen molar-refractivity contribution in [2.75, 3.05) is 34.4 Å². The maximum atomic E-state index is 12.9. The van der Waals surface area contributed by atoms with Crippen molar-refractivity contribution in [1.82, 2.24) is 4.90 Å². The fraction of sp³-hybridized carbons (Fsp3) is 0.619. The van der Waals surface area contributed by atoms with Gasteiger partial charge in [0.1, 0.15) is 0 Å². The summed E-state index contributed by atoms with van der Waals surface area (Å²) in [5.74, 6) is 0.736. The van der Waals surface area contributed by atoms with Crippen LogP contribution in [0.15, 0.2) is 18.2 Å². The second-order valence-corrected chi connectivity index (χ2v) is 6.66. The van der Waals surface area contributed by atoms with Crippen LogP contribution >= 0.6 is 0 Å². The minimum Gasteiger partial charge on any atom is -0.493 e. The Bertz CT molecular complexity index is 613. The van der Waals surface area contributed by atoms with Crippen LogP contribution in [0.25, 0.3) is 0 Å². The van der Waals surface area contributed by atoms with Crippen molar-refractivity contribution in [2.24, 2.45) is 11.8 Å². The summed E-state index contributed by atoms with van der Waals surface area (Å²) in [6.45, 7) is 6.71. The van der Waals surface area contributed by atoms with Crippen LogP contribution in [-0.4, -0.2) is 51.2 Å². The zero-order valence-electron chi connectivity index (χ0n) is 17.4. The van der Waals surface area contributed by atoms with Gasteiger partial charge in [-0.2, -0.15) is 0 Å². The van der Waals surface area contributed by atoms with Crippen molar-refractivity contribution in [3.05, 3.63) is 23.8 Å². The van der Waals surface area contributed by atoms with Crippen LogP contribution in [0.3, 0.4) is 0 Å². The Morgan fingerprint density at radius 1 is 1.04 bits per heavy atom. The molecule has 1 atom stereocenters. The number of esters is 1. The van der Waals surface area contributed by atoms with E-state index >= 15 is 0 Å². The molecule has 1 unspecified atom stereocenters. The van der Waals surface area contributed by atoms with Crippen molar-refractivity contribution < 1.29 is 23.8 Å². The predicted molar refractivity (Wildman–Crippen MR) is 105 cm³/mol. The molecule has 1 aromatic rings. The lowest BCUT2D eigenvalue weighted by Crippen LogP contribution is -2.41. The van der Waals surface area contributed by atoms with Crippen molar-refractivity contribution >= 4 is 11.9 Å². The van der Waals surface area contributed by atoms with Crippen molar-refractivity contribution in [3.8, 4) is 11.5 Å². The molecule has 6 heteroatoms. The molecule has 1 amide bonds. The van der Waals surface area contributed by atoms with Crippen LogP contribution in [0.2, 0.25) is 0 Å². The lowest BCUT2D eigenvalue weighted by atomic mass is 10.00. The van der Waals surface area contributed by atoms with Gasteiger partial charge in [0.05, 0.1) is 27.2 Å². The third-order valence-electron chi connectivity index (χ3n) is 4.86. The van der Waals surface area contributed by atoms with Crippen molar-refractivity contribution in [2.45, 2.75) is 40.0 Å². The van der Waals surface area contributed by atoms with Gasteiger partial charge < -0.3 is 19.1 Å². The molecule has 0 aromatic heterocycles. The first-order valence-corrected chi connectivity index (χ1v) is 9.49. The summed E-state index contributed by atoms with van der Waals surface area (Å²) in [7, 11) is 4.57. The smallest absolute Gasteiger partial charge is 0.310 e. The van der Waals surface area contributed by atoms with Crippen LogP contribution in [0.5, 0.6) is 11.5 Å². The summed E-state index contributed by atoms with van der Waals surface area (Å²) in [6.07, 6.45) is 2.24. The van der Waals surface area contributed by atoms with E-state index in [0.717, 1.165) is 18.4 Å². The van der Waals surface area contributed by atoms with E-state index in [2.05, 4.69) is 0 Å². The number of hydrogen-bond donors (Lipinski definition) is 0. The summed E-state index contributed by atoms with van der Waals surface area (Å²) in [5, 5.41) is 0. The number of carbonyl (C=O) groups excluding carboxylic acids is 2. The summed E-state index contributed by atoms with van der Waals surface area (Å²) < 4.78 is 15.4. The zero-order chi connectivity index (χ0) is 20.4. The Balaban J connectivity index is 2.93. The van der Waals surface area contributed by atoms with E-state index in [0.29, 0.717) is 31.0 Å². The largest absolute Gasteiger partial charge is 0.493 e. The number of rotatable bonds is 11. The molecule has 0 N–H and O–H groups in total. The van der Waals surface area contributed by atoms with Gasteiger partial charge >= 0.3 is 5.97 Å². The molecule has 0 aliphatic rings. The Morgan fingerprint density at radius 3 is 2.19 bits per heavy atom. The normalized spacial score (nSPS) is 11.8. The number of ether oxygens (including phenoxy) is 3. The lowest BCUT2D eigenvalue weighted by molar-refractivity contribution is -0.147. The van der Waals surface area contributed by atoms with Crippen LogP contribution in [0, 0.1) is 11.8 Å². The molecule has 6 nitrogen and oxygen atoms in total. The van der Waals surface area contributed by atoms with E-state index in [9.17, 15) is 9.59 Å². The number of hydrogen-bond acceptors (Lipinski definition) is 5. The quantitative estimate of drug-likeness (QED) is 0.552. The number of nitrogens with zero attached hydrogens (tertiary/aromatic N) is 1. The molecular weight excluding hydrogens is 346 g/mol. The molecule has 0 heterocycles. The van der Waals surface area contributed by atoms with E-state index in [1.807, 2.05) is 32.0 Å². The standard InChI is InChI=1S/C21H33NO5/c1-7-17(8-2)20(23)22(14-15(3)21(24)27-6)12-11-16-9-10-18(25-4)19(13-16)26-5/h9-10,13,15,17H,7-8,11-12,14H2,1-6H3. The average molecular weight is 379 g/mol. The van der Waals surface area contributed by atoms with Gasteiger partial charge in [0.15, 0.2) is 11.5 Å². The third-order valence-corrected chi connectivity index (χ3v) is 4.86. The second kappa shape index (κ2) is 11.5. The molecule has 1 rings (SSSR count). The van der Waals surface area contributed by atoms with E-state index in [-0.39, 0.29) is 23.7 Å². The fourth-order valence-corrected chi connectivity index (χ4v) is 3.09. The summed E-state index contributed by atoms with van der Waals surface area (Å²) in [5.41, 5.74) is 1.04. The van der Waals surface area contributed by atoms with Gasteiger partial charge in [-0.25, -0.2) is 0 Å². The van der Waals surface area contributed by atoms with Gasteiger partial charge in [-0.3, -0.25) is 9.59 Å². The molecule has 0 aliphatic carbocycles. The Kier molecular flexibility index (Phi) is 9.68. The monoisotopic (exact) mass is 379 g/mol. The topological polar surface area (TPSA) is 65.1 Å². The Labute approximate surface area is 162 Å². The number of benzene rings is 1. The molecule has 0 saturated carbocycles. The van der Waals surface area contributed by atoms with Crippen LogP contribution < -0.4 is 9.47 Å². The first-order valence-electron chi connectivity index (χ1n) is 9.49. The van der Waals surface area contributed by atoms with Crippen LogP contribution in [0.1, 0.15) is 39.2 Å². The Morgan fingerprint density at radius 2 is 1.67 bits per heavy atom. The summed E-state index contributed by atoms with van der Waals surface area (Å²) in [6, 6.07) is 5.74. The van der Waals surface area contributed by atoms with Gasteiger partial charge in [-0.15, -0.1) is 0 Å². The summed E-state index contributed by atoms with van der Waals surface area (Å²) >= 11 is 0. The first-order chi connectivity index (χ1) is 12.9. The van der Waals surface area contributed by atoms with E-state index in [1.165, 1.54) is 7.11 Å². The molecule has 0 spiro atoms. The molecule has 0 saturated heterocycles. The number of carbonyl (C=O) groups is 2. The molecular formula is C21H33NO5. The highest BCUT2D eigenvalue weighted by Crippen LogP contribution is 2.28. The minimum atomic E-state index is -0.362. The molecule has 0 fully saturated rings. The molecule has 0 bridgehead atoms. The average Bonchev–Trinajstić information content (AvgIpc) is 2.70. The zero-order valence-corrected chi connectivity index (χ0v) is 17.4. The van der Waals surface area contributed by atoms with E-state index < -0.39 is 0 Å². The lowest BCUT2D eigenvalue weighted by Gasteiger charge is -2.28. The second-order valence-electron chi connectivity index (χ2n) is 6.66. The predicted octanol–water partition coefficient (Wildman–Crippen LogP) is 3.32. The maximum Gasteiger partial charge on any atom is 0.310 e. The van der Waals surface area contributed by atoms with Gasteiger partial charge in [-0.05, 0) is 37.0 Å². The fourth-order valence-electron chi connectivity index (χ4n) is 3.09. The molecule has 1 aromatic carbocycles. The highest BCUT2D eigenvalue weighted by molar-refractivity contribution is 5.80. The SMILES string of the molecule is CCC(CC)C(=O)N(CCc1ccc(OC)c(OC)c1)CC(C)C(=O)OC. The van der Waals surface area contributed by atoms with Gasteiger partial charge in [0.2, 0.25) is 5.91 Å². The highest BCUT2D eigenvalue weighted by atomic mass is 16.5. The molecule has 152 valence electrons. The summed E-state index contributed by atoms with van der Waals surface area (Å²) in [4.78, 5) is 26.5. The molecule has 27 heavy (non-hydrogen) atoms.